The number of carboxylic acid groups (broad SMARTS) is 2. The summed E-state index contributed by atoms with van der Waals surface area (Å²) < 4.78 is 16.3. The molecule has 36 heavy (non-hydrogen) atoms. The van der Waals surface area contributed by atoms with Crippen LogP contribution in [0.15, 0.2) is 63.0 Å². The van der Waals surface area contributed by atoms with Crippen LogP contribution < -0.4 is 9.47 Å². The molecule has 12 heteroatoms. The number of aromatic nitrogens is 3. The van der Waals surface area contributed by atoms with E-state index < -0.39 is 11.9 Å². The molecular formula is C24H18ClN3O7S. The van der Waals surface area contributed by atoms with Gasteiger partial charge in [-0.05, 0) is 54.2 Å². The number of nitrogens with zero attached hydrogens (tertiary/aromatic N) is 2. The Hall–Kier alpha value is -4.22. The zero-order chi connectivity index (χ0) is 25.8. The highest BCUT2D eigenvalue weighted by molar-refractivity contribution is 8.04. The van der Waals surface area contributed by atoms with E-state index in [1.165, 1.54) is 32.4 Å². The van der Waals surface area contributed by atoms with Crippen molar-refractivity contribution in [1.29, 1.82) is 0 Å². The molecule has 2 heterocycles. The van der Waals surface area contributed by atoms with Crippen LogP contribution in [-0.2, 0) is 4.79 Å². The number of thioether (sulfide) groups is 1. The Morgan fingerprint density at radius 2 is 1.75 bits per heavy atom. The average Bonchev–Trinajstić information content (AvgIpc) is 3.53. The second-order valence-electron chi connectivity index (χ2n) is 7.19. The number of carboxylic acids is 2. The topological polar surface area (TPSA) is 148 Å². The van der Waals surface area contributed by atoms with Crippen molar-refractivity contribution in [2.24, 2.45) is 0 Å². The molecule has 0 fully saturated rings. The van der Waals surface area contributed by atoms with Crippen molar-refractivity contribution in [3.8, 4) is 34.2 Å². The largest absolute Gasteiger partial charge is 0.497 e. The molecule has 0 unspecified atom stereocenters. The number of hydrogen-bond acceptors (Lipinski definition) is 8. The first-order valence-corrected chi connectivity index (χ1v) is 11.4. The van der Waals surface area contributed by atoms with Crippen LogP contribution in [0, 0.1) is 0 Å². The molecule has 184 valence electrons. The van der Waals surface area contributed by atoms with E-state index in [-0.39, 0.29) is 26.4 Å². The van der Waals surface area contributed by atoms with Gasteiger partial charge >= 0.3 is 11.9 Å². The third-order valence-corrected chi connectivity index (χ3v) is 6.09. The Morgan fingerprint density at radius 3 is 2.39 bits per heavy atom. The van der Waals surface area contributed by atoms with E-state index in [1.807, 2.05) is 0 Å². The number of aromatic amines is 1. The van der Waals surface area contributed by atoms with E-state index in [4.69, 9.17) is 25.5 Å². The maximum atomic E-state index is 11.9. The Morgan fingerprint density at radius 1 is 1.03 bits per heavy atom. The molecule has 0 amide bonds. The number of methoxy groups -OCH3 is 2. The van der Waals surface area contributed by atoms with Gasteiger partial charge < -0.3 is 24.1 Å². The number of furan rings is 1. The lowest BCUT2D eigenvalue weighted by atomic mass is 10.1. The van der Waals surface area contributed by atoms with Crippen molar-refractivity contribution in [3.63, 3.8) is 0 Å². The normalized spacial score (nSPS) is 11.4. The fourth-order valence-electron chi connectivity index (χ4n) is 3.16. The number of nitrogens with one attached hydrogen (secondary N) is 1. The molecule has 3 N–H and O–H groups in total. The predicted molar refractivity (Wildman–Crippen MR) is 133 cm³/mol. The number of carbonyl (C=O) groups is 2. The van der Waals surface area contributed by atoms with Crippen LogP contribution in [0.25, 0.3) is 28.8 Å². The fourth-order valence-corrected chi connectivity index (χ4v) is 4.04. The van der Waals surface area contributed by atoms with Crippen LogP contribution in [0.2, 0.25) is 5.02 Å². The number of hydrogen-bond donors (Lipinski definition) is 3. The molecule has 4 aromatic rings. The van der Waals surface area contributed by atoms with E-state index >= 15 is 0 Å². The number of aliphatic carboxylic acids is 1. The summed E-state index contributed by atoms with van der Waals surface area (Å²) in [5.41, 5.74) is 1.05. The van der Waals surface area contributed by atoms with Crippen molar-refractivity contribution in [1.82, 2.24) is 15.2 Å². The van der Waals surface area contributed by atoms with Crippen LogP contribution in [0.3, 0.4) is 0 Å². The van der Waals surface area contributed by atoms with Crippen molar-refractivity contribution in [2.45, 2.75) is 5.16 Å². The summed E-state index contributed by atoms with van der Waals surface area (Å²) in [6.07, 6.45) is 1.33. The Labute approximate surface area is 213 Å². The van der Waals surface area contributed by atoms with E-state index in [9.17, 15) is 19.8 Å². The molecule has 0 radical (unpaired) electrons. The molecule has 0 atom stereocenters. The lowest BCUT2D eigenvalue weighted by Gasteiger charge is -2.06. The van der Waals surface area contributed by atoms with Gasteiger partial charge in [0.05, 0.1) is 24.8 Å². The molecule has 0 saturated carbocycles. The average molecular weight is 528 g/mol. The summed E-state index contributed by atoms with van der Waals surface area (Å²) >= 11 is 6.75. The highest BCUT2D eigenvalue weighted by Crippen LogP contribution is 2.32. The first-order valence-electron chi connectivity index (χ1n) is 10.2. The van der Waals surface area contributed by atoms with Crippen molar-refractivity contribution < 1.29 is 33.7 Å². The Kier molecular flexibility index (Phi) is 7.32. The lowest BCUT2D eigenvalue weighted by Crippen LogP contribution is -1.97. The summed E-state index contributed by atoms with van der Waals surface area (Å²) in [4.78, 5) is 27.5. The molecule has 0 bridgehead atoms. The number of aromatic carboxylic acids is 1. The molecule has 0 aliphatic heterocycles. The number of rotatable bonds is 9. The maximum absolute atomic E-state index is 11.9. The van der Waals surface area contributed by atoms with Crippen LogP contribution >= 0.6 is 23.4 Å². The first-order chi connectivity index (χ1) is 17.3. The molecule has 4 rings (SSSR count). The zero-order valence-corrected chi connectivity index (χ0v) is 20.4. The van der Waals surface area contributed by atoms with E-state index in [2.05, 4.69) is 15.2 Å². The molecular weight excluding hydrogens is 510 g/mol. The highest BCUT2D eigenvalue weighted by Gasteiger charge is 2.17. The number of ether oxygens (including phenoxy) is 2. The molecule has 0 spiro atoms. The molecule has 2 aromatic heterocycles. The minimum atomic E-state index is -1.20. The van der Waals surface area contributed by atoms with Gasteiger partial charge in [-0.15, -0.1) is 5.10 Å². The SMILES string of the molecule is COc1cc(OC)cc(-c2nc(S/C(=C\c3ccc(-c4ccc(Cl)c(C(=O)O)c4)o3)C(=O)O)n[nH]2)c1. The van der Waals surface area contributed by atoms with Crippen molar-refractivity contribution >= 4 is 41.4 Å². The van der Waals surface area contributed by atoms with E-state index in [0.29, 0.717) is 34.2 Å². The monoisotopic (exact) mass is 527 g/mol. The third kappa shape index (κ3) is 5.53. The number of benzene rings is 2. The van der Waals surface area contributed by atoms with Crippen LogP contribution in [0.1, 0.15) is 16.1 Å². The van der Waals surface area contributed by atoms with Gasteiger partial charge in [0.2, 0.25) is 5.16 Å². The van der Waals surface area contributed by atoms with E-state index in [0.717, 1.165) is 11.8 Å². The van der Waals surface area contributed by atoms with Gasteiger partial charge in [-0.2, -0.15) is 0 Å². The molecule has 2 aromatic carbocycles. The van der Waals surface area contributed by atoms with Gasteiger partial charge in [0.1, 0.15) is 27.9 Å². The maximum Gasteiger partial charge on any atom is 0.342 e. The summed E-state index contributed by atoms with van der Waals surface area (Å²) in [5.74, 6) is -0.255. The zero-order valence-electron chi connectivity index (χ0n) is 18.8. The number of halogens is 1. The summed E-state index contributed by atoms with van der Waals surface area (Å²) in [5, 5.41) is 26.1. The van der Waals surface area contributed by atoms with Gasteiger partial charge in [0.15, 0.2) is 5.82 Å². The third-order valence-electron chi connectivity index (χ3n) is 4.88. The fraction of sp³-hybridized carbons (Fsp3) is 0.0833. The minimum absolute atomic E-state index is 0.0708. The van der Waals surface area contributed by atoms with Crippen LogP contribution in [-0.4, -0.2) is 51.6 Å². The molecule has 10 nitrogen and oxygen atoms in total. The lowest BCUT2D eigenvalue weighted by molar-refractivity contribution is -0.131. The second kappa shape index (κ2) is 10.6. The van der Waals surface area contributed by atoms with Gasteiger partial charge in [0, 0.05) is 23.3 Å². The van der Waals surface area contributed by atoms with Crippen molar-refractivity contribution in [2.75, 3.05) is 14.2 Å². The summed E-state index contributed by atoms with van der Waals surface area (Å²) in [6, 6.07) is 12.8. The van der Waals surface area contributed by atoms with Crippen molar-refractivity contribution in [3.05, 3.63) is 69.8 Å². The van der Waals surface area contributed by atoms with Gasteiger partial charge in [-0.3, -0.25) is 5.10 Å². The van der Waals surface area contributed by atoms with Gasteiger partial charge in [0.25, 0.3) is 0 Å². The highest BCUT2D eigenvalue weighted by atomic mass is 35.5. The summed E-state index contributed by atoms with van der Waals surface area (Å²) in [6.45, 7) is 0. The van der Waals surface area contributed by atoms with Gasteiger partial charge in [-0.25, -0.2) is 14.6 Å². The van der Waals surface area contributed by atoms with Gasteiger partial charge in [-0.1, -0.05) is 11.6 Å². The van der Waals surface area contributed by atoms with Crippen LogP contribution in [0.4, 0.5) is 0 Å². The quantitative estimate of drug-likeness (QED) is 0.193. The minimum Gasteiger partial charge on any atom is -0.497 e. The molecule has 0 aliphatic carbocycles. The van der Waals surface area contributed by atoms with E-state index in [1.54, 1.807) is 36.4 Å². The standard InChI is InChI=1S/C24H18ClN3O7S/c1-33-15-7-13(8-16(10-15)34-2)21-26-24(28-27-21)36-20(23(31)32)11-14-4-6-19(35-14)12-3-5-18(25)17(9-12)22(29)30/h3-11H,1-2H3,(H,29,30)(H,31,32)(H,26,27,28)/b20-11-. The number of H-pyrrole nitrogens is 1. The Bertz CT molecular complexity index is 1460. The van der Waals surface area contributed by atoms with Crippen LogP contribution in [0.5, 0.6) is 11.5 Å². The second-order valence-corrected chi connectivity index (χ2v) is 8.60. The summed E-state index contributed by atoms with van der Waals surface area (Å²) in [7, 11) is 3.06. The first kappa shape index (κ1) is 24.9. The molecule has 0 saturated heterocycles. The predicted octanol–water partition coefficient (Wildman–Crippen LogP) is 5.32. The molecule has 0 aliphatic rings. The Balaban J connectivity index is 1.58. The smallest absolute Gasteiger partial charge is 0.342 e.